The minimum atomic E-state index is -5.08. The van der Waals surface area contributed by atoms with E-state index in [1.807, 2.05) is 54.0 Å². The number of carbonyl (C=O) groups is 1. The minimum absolute atomic E-state index is 0.369. The summed E-state index contributed by atoms with van der Waals surface area (Å²) >= 11 is 2.05. The first-order valence-corrected chi connectivity index (χ1v) is 14.0. The summed E-state index contributed by atoms with van der Waals surface area (Å²) in [6.45, 7) is 4.16. The standard InChI is InChI=1S/C25H30N6OS.C2HF3O2/c1-17-15-31(16-26-17)20-8-7-18(13-21(20)32-2)27-24-28-19-14-25(9-6-10-25)33-22(19)23(29-24)30-11-4-3-5-12-30;3-2(4,5)1(6)7/h7-8,13,15-16H,3-6,9-12,14H2,1-2H3,(H,27,28,29);(H,6,7). The first kappa shape index (κ1) is 28.1. The van der Waals surface area contributed by atoms with Gasteiger partial charge in [-0.2, -0.15) is 18.2 Å². The average molecular weight is 577 g/mol. The first-order chi connectivity index (χ1) is 19.1. The Balaban J connectivity index is 0.000000411. The summed E-state index contributed by atoms with van der Waals surface area (Å²) in [6.07, 6.45) is 7.50. The number of carboxylic acid groups (broad SMARTS) is 1. The van der Waals surface area contributed by atoms with Crippen LogP contribution in [-0.4, -0.2) is 61.7 Å². The summed E-state index contributed by atoms with van der Waals surface area (Å²) < 4.78 is 39.8. The lowest BCUT2D eigenvalue weighted by atomic mass is 9.81. The van der Waals surface area contributed by atoms with Gasteiger partial charge in [0.05, 0.1) is 35.4 Å². The molecule has 214 valence electrons. The number of hydrogen-bond donors (Lipinski definition) is 2. The molecule has 0 amide bonds. The van der Waals surface area contributed by atoms with Gasteiger partial charge >= 0.3 is 12.1 Å². The number of benzene rings is 1. The van der Waals surface area contributed by atoms with Crippen LogP contribution in [0.4, 0.5) is 30.6 Å². The third-order valence-electron chi connectivity index (χ3n) is 7.31. The van der Waals surface area contributed by atoms with Crippen LogP contribution in [0.25, 0.3) is 5.69 Å². The number of imidazole rings is 1. The summed E-state index contributed by atoms with van der Waals surface area (Å²) in [6, 6.07) is 6.09. The van der Waals surface area contributed by atoms with Crippen molar-refractivity contribution in [2.75, 3.05) is 30.4 Å². The van der Waals surface area contributed by atoms with Gasteiger partial charge in [-0.05, 0) is 51.2 Å². The molecular weight excluding hydrogens is 545 g/mol. The Morgan fingerprint density at radius 3 is 2.45 bits per heavy atom. The van der Waals surface area contributed by atoms with Crippen LogP contribution in [0.15, 0.2) is 35.6 Å². The quantitative estimate of drug-likeness (QED) is 0.383. The Hall–Kier alpha value is -3.48. The van der Waals surface area contributed by atoms with Crippen molar-refractivity contribution in [3.8, 4) is 11.4 Å². The topological polar surface area (TPSA) is 105 Å². The maximum absolute atomic E-state index is 10.6. The third kappa shape index (κ3) is 5.98. The number of aliphatic carboxylic acids is 1. The van der Waals surface area contributed by atoms with Crippen molar-refractivity contribution in [1.82, 2.24) is 19.5 Å². The highest BCUT2D eigenvalue weighted by Crippen LogP contribution is 2.57. The Morgan fingerprint density at radius 2 is 1.88 bits per heavy atom. The minimum Gasteiger partial charge on any atom is -0.494 e. The van der Waals surface area contributed by atoms with Gasteiger partial charge in [-0.3, -0.25) is 0 Å². The van der Waals surface area contributed by atoms with Gasteiger partial charge in [0, 0.05) is 42.2 Å². The van der Waals surface area contributed by atoms with E-state index in [2.05, 4.69) is 15.2 Å². The average Bonchev–Trinajstić information content (AvgIpc) is 3.52. The molecule has 13 heteroatoms. The summed E-state index contributed by atoms with van der Waals surface area (Å²) in [5.74, 6) is -0.167. The smallest absolute Gasteiger partial charge is 0.490 e. The molecule has 6 rings (SSSR count). The monoisotopic (exact) mass is 576 g/mol. The lowest BCUT2D eigenvalue weighted by Crippen LogP contribution is -2.32. The predicted octanol–water partition coefficient (Wildman–Crippen LogP) is 5.92. The van der Waals surface area contributed by atoms with Crippen LogP contribution in [-0.2, 0) is 11.2 Å². The zero-order chi connectivity index (χ0) is 28.5. The normalized spacial score (nSPS) is 17.5. The summed E-state index contributed by atoms with van der Waals surface area (Å²) in [5.41, 5.74) is 4.06. The fourth-order valence-corrected chi connectivity index (χ4v) is 6.78. The molecule has 1 saturated carbocycles. The molecule has 3 aliphatic rings. The van der Waals surface area contributed by atoms with Gasteiger partial charge in [0.1, 0.15) is 11.6 Å². The van der Waals surface area contributed by atoms with E-state index in [1.54, 1.807) is 7.11 Å². The number of carboxylic acids is 1. The number of piperidine rings is 1. The van der Waals surface area contributed by atoms with Crippen LogP contribution in [0, 0.1) is 6.92 Å². The zero-order valence-electron chi connectivity index (χ0n) is 22.3. The Kier molecular flexibility index (Phi) is 7.85. The second-order valence-electron chi connectivity index (χ2n) is 10.2. The molecule has 1 spiro atoms. The van der Waals surface area contributed by atoms with Crippen molar-refractivity contribution in [3.05, 3.63) is 42.1 Å². The number of ether oxygens (including phenoxy) is 1. The molecule has 0 atom stereocenters. The van der Waals surface area contributed by atoms with Gasteiger partial charge in [0.2, 0.25) is 5.95 Å². The lowest BCUT2D eigenvalue weighted by molar-refractivity contribution is -0.192. The van der Waals surface area contributed by atoms with Crippen LogP contribution in [0.5, 0.6) is 5.75 Å². The number of fused-ring (bicyclic) bond motifs is 1. The van der Waals surface area contributed by atoms with E-state index >= 15 is 0 Å². The van der Waals surface area contributed by atoms with Crippen LogP contribution in [0.1, 0.15) is 49.9 Å². The zero-order valence-corrected chi connectivity index (χ0v) is 23.1. The number of alkyl halides is 3. The van der Waals surface area contributed by atoms with E-state index in [0.717, 1.165) is 48.1 Å². The van der Waals surface area contributed by atoms with E-state index < -0.39 is 12.1 Å². The molecule has 3 aromatic rings. The van der Waals surface area contributed by atoms with E-state index in [4.69, 9.17) is 24.6 Å². The number of methoxy groups -OCH3 is 1. The summed E-state index contributed by atoms with van der Waals surface area (Å²) in [5, 5.41) is 10.6. The number of aryl methyl sites for hydroxylation is 1. The summed E-state index contributed by atoms with van der Waals surface area (Å²) in [7, 11) is 1.70. The molecule has 1 aromatic carbocycles. The number of aromatic nitrogens is 4. The fraction of sp³-hybridized carbons (Fsp3) is 0.481. The van der Waals surface area contributed by atoms with E-state index in [1.165, 1.54) is 49.1 Å². The molecule has 0 radical (unpaired) electrons. The van der Waals surface area contributed by atoms with Crippen LogP contribution in [0.2, 0.25) is 0 Å². The molecule has 1 aliphatic carbocycles. The van der Waals surface area contributed by atoms with Gasteiger partial charge in [0.15, 0.2) is 0 Å². The maximum atomic E-state index is 10.6. The molecule has 1 saturated heterocycles. The van der Waals surface area contributed by atoms with Crippen LogP contribution < -0.4 is 15.0 Å². The van der Waals surface area contributed by atoms with Crippen molar-refractivity contribution in [2.45, 2.75) is 67.7 Å². The van der Waals surface area contributed by atoms with Gasteiger partial charge in [-0.15, -0.1) is 11.8 Å². The Labute approximate surface area is 234 Å². The molecule has 4 heterocycles. The molecule has 2 N–H and O–H groups in total. The number of thioether (sulfide) groups is 1. The Morgan fingerprint density at radius 1 is 1.15 bits per heavy atom. The number of anilines is 3. The van der Waals surface area contributed by atoms with Crippen LogP contribution in [0.3, 0.4) is 0 Å². The van der Waals surface area contributed by atoms with Crippen molar-refractivity contribution < 1.29 is 27.8 Å². The van der Waals surface area contributed by atoms with Gasteiger partial charge in [0.25, 0.3) is 0 Å². The first-order valence-electron chi connectivity index (χ1n) is 13.2. The lowest BCUT2D eigenvalue weighted by Gasteiger charge is -2.37. The second-order valence-corrected chi connectivity index (χ2v) is 11.7. The fourth-order valence-electron chi connectivity index (χ4n) is 5.14. The molecular formula is C27H31F3N6O3S. The van der Waals surface area contributed by atoms with E-state index in [-0.39, 0.29) is 0 Å². The molecule has 0 unspecified atom stereocenters. The second kappa shape index (κ2) is 11.2. The maximum Gasteiger partial charge on any atom is 0.490 e. The number of hydrogen-bond acceptors (Lipinski definition) is 8. The third-order valence-corrected chi connectivity index (χ3v) is 8.92. The SMILES string of the molecule is COc1cc(Nc2nc3c(c(N4CCCCC4)n2)SC2(CCC2)C3)ccc1-n1cnc(C)c1.O=C(O)C(F)(F)F. The van der Waals surface area contributed by atoms with Crippen molar-refractivity contribution in [3.63, 3.8) is 0 Å². The number of nitrogens with one attached hydrogen (secondary N) is 1. The van der Waals surface area contributed by atoms with E-state index in [9.17, 15) is 13.2 Å². The Bertz CT molecular complexity index is 1390. The molecule has 2 aromatic heterocycles. The molecule has 2 fully saturated rings. The largest absolute Gasteiger partial charge is 0.494 e. The highest BCUT2D eigenvalue weighted by molar-refractivity contribution is 8.01. The van der Waals surface area contributed by atoms with Gasteiger partial charge < -0.3 is 24.6 Å². The van der Waals surface area contributed by atoms with Crippen molar-refractivity contribution in [2.24, 2.45) is 0 Å². The van der Waals surface area contributed by atoms with Crippen LogP contribution >= 0.6 is 11.8 Å². The van der Waals surface area contributed by atoms with Gasteiger partial charge in [-0.1, -0.05) is 6.42 Å². The highest BCUT2D eigenvalue weighted by Gasteiger charge is 2.46. The number of nitrogens with zero attached hydrogens (tertiary/aromatic N) is 5. The van der Waals surface area contributed by atoms with Gasteiger partial charge in [-0.25, -0.2) is 14.8 Å². The number of rotatable bonds is 5. The molecule has 40 heavy (non-hydrogen) atoms. The van der Waals surface area contributed by atoms with Crippen molar-refractivity contribution in [1.29, 1.82) is 0 Å². The van der Waals surface area contributed by atoms with Crippen molar-refractivity contribution >= 4 is 35.2 Å². The van der Waals surface area contributed by atoms with E-state index in [0.29, 0.717) is 10.7 Å². The molecule has 0 bridgehead atoms. The molecule has 9 nitrogen and oxygen atoms in total. The molecule has 2 aliphatic heterocycles. The highest BCUT2D eigenvalue weighted by atomic mass is 32.2. The predicted molar refractivity (Wildman–Crippen MR) is 146 cm³/mol. The number of halogens is 3. The summed E-state index contributed by atoms with van der Waals surface area (Å²) in [4.78, 5) is 27.1.